The minimum absolute atomic E-state index is 0.0141. The third-order valence-corrected chi connectivity index (χ3v) is 13.3. The number of ketones is 1. The number of aliphatic carboxylic acids is 1. The summed E-state index contributed by atoms with van der Waals surface area (Å²) in [6.07, 6.45) is 11.2. The van der Waals surface area contributed by atoms with Crippen molar-refractivity contribution >= 4 is 11.8 Å². The standard InChI is InChI=1S/C31H48O4/c1-26(2)22-9-12-31(7)24(29(22,5)11-10-23(26)32)21(35-8)17-19-20-18-28(4,25(33)34)14-13-27(20,3)15-16-30(19,31)6/h17,20-22,24H,9-16,18H2,1-8H3,(H,33,34). The molecule has 0 aliphatic heterocycles. The minimum atomic E-state index is -0.652. The Morgan fingerprint density at radius 3 is 2.26 bits per heavy atom. The van der Waals surface area contributed by atoms with Gasteiger partial charge in [-0.15, -0.1) is 0 Å². The molecule has 5 aliphatic rings. The number of ether oxygens (including phenoxy) is 1. The molecular weight excluding hydrogens is 436 g/mol. The van der Waals surface area contributed by atoms with Gasteiger partial charge in [0.05, 0.1) is 11.5 Å². The van der Waals surface area contributed by atoms with Crippen LogP contribution in [0.15, 0.2) is 11.6 Å². The fraction of sp³-hybridized carbons (Fsp3) is 0.871. The van der Waals surface area contributed by atoms with Gasteiger partial charge >= 0.3 is 5.97 Å². The molecule has 0 aromatic carbocycles. The van der Waals surface area contributed by atoms with Crippen LogP contribution in [0, 0.1) is 50.2 Å². The number of carbonyl (C=O) groups is 2. The van der Waals surface area contributed by atoms with E-state index in [1.807, 2.05) is 14.0 Å². The molecule has 0 amide bonds. The summed E-state index contributed by atoms with van der Waals surface area (Å²) in [5.74, 6) is 0.821. The topological polar surface area (TPSA) is 63.6 Å². The van der Waals surface area contributed by atoms with Gasteiger partial charge in [0.25, 0.3) is 0 Å². The first-order valence-corrected chi connectivity index (χ1v) is 14.1. The summed E-state index contributed by atoms with van der Waals surface area (Å²) in [7, 11) is 1.86. The summed E-state index contributed by atoms with van der Waals surface area (Å²) >= 11 is 0. The van der Waals surface area contributed by atoms with E-state index in [4.69, 9.17) is 4.74 Å². The number of rotatable bonds is 2. The molecule has 0 bridgehead atoms. The van der Waals surface area contributed by atoms with Crippen molar-refractivity contribution in [2.24, 2.45) is 50.2 Å². The molecule has 4 saturated carbocycles. The van der Waals surface area contributed by atoms with Crippen LogP contribution in [-0.4, -0.2) is 30.1 Å². The first-order chi connectivity index (χ1) is 16.1. The van der Waals surface area contributed by atoms with Crippen molar-refractivity contribution in [3.8, 4) is 0 Å². The molecular formula is C31H48O4. The molecule has 1 N–H and O–H groups in total. The van der Waals surface area contributed by atoms with Crippen molar-refractivity contribution in [2.45, 2.75) is 112 Å². The lowest BCUT2D eigenvalue weighted by Crippen LogP contribution is -2.67. The SMILES string of the molecule is COC1C=C2C3CC(C)(C(=O)O)CCC3(C)CCC2(C)C2(C)CCC3C(C)(C)C(=O)CCC3(C)C12. The molecule has 4 nitrogen and oxygen atoms in total. The van der Waals surface area contributed by atoms with Crippen molar-refractivity contribution in [3.63, 3.8) is 0 Å². The van der Waals surface area contributed by atoms with Crippen LogP contribution < -0.4 is 0 Å². The van der Waals surface area contributed by atoms with E-state index in [1.54, 1.807) is 0 Å². The molecule has 0 spiro atoms. The number of Topliss-reactive ketones (excluding diaryl/α,β-unsaturated/α-hetero) is 1. The van der Waals surface area contributed by atoms with E-state index in [0.29, 0.717) is 30.0 Å². The second kappa shape index (κ2) is 7.45. The largest absolute Gasteiger partial charge is 0.481 e. The third-order valence-electron chi connectivity index (χ3n) is 13.3. The van der Waals surface area contributed by atoms with Gasteiger partial charge in [-0.05, 0) is 91.8 Å². The van der Waals surface area contributed by atoms with Crippen LogP contribution >= 0.6 is 0 Å². The Hall–Kier alpha value is -1.16. The molecule has 35 heavy (non-hydrogen) atoms. The number of hydrogen-bond donors (Lipinski definition) is 1. The third kappa shape index (κ3) is 3.07. The van der Waals surface area contributed by atoms with Gasteiger partial charge in [-0.25, -0.2) is 0 Å². The predicted molar refractivity (Wildman–Crippen MR) is 138 cm³/mol. The Bertz CT molecular complexity index is 980. The van der Waals surface area contributed by atoms with E-state index in [-0.39, 0.29) is 33.2 Å². The second-order valence-corrected chi connectivity index (χ2v) is 15.1. The fourth-order valence-corrected chi connectivity index (χ4v) is 10.6. The smallest absolute Gasteiger partial charge is 0.309 e. The number of carboxylic acids is 1. The number of carbonyl (C=O) groups excluding carboxylic acids is 1. The van der Waals surface area contributed by atoms with Gasteiger partial charge in [-0.3, -0.25) is 9.59 Å². The highest BCUT2D eigenvalue weighted by Crippen LogP contribution is 2.75. The van der Waals surface area contributed by atoms with Crippen molar-refractivity contribution in [2.75, 3.05) is 7.11 Å². The van der Waals surface area contributed by atoms with Crippen LogP contribution in [0.4, 0.5) is 0 Å². The number of carboxylic acid groups (broad SMARTS) is 1. The molecule has 4 fully saturated rings. The quantitative estimate of drug-likeness (QED) is 0.426. The van der Waals surface area contributed by atoms with E-state index in [2.05, 4.69) is 47.6 Å². The Labute approximate surface area is 212 Å². The summed E-state index contributed by atoms with van der Waals surface area (Å²) in [6, 6.07) is 0. The lowest BCUT2D eigenvalue weighted by molar-refractivity contribution is -0.210. The number of fused-ring (bicyclic) bond motifs is 7. The zero-order chi connectivity index (χ0) is 25.8. The van der Waals surface area contributed by atoms with Crippen molar-refractivity contribution in [1.29, 1.82) is 0 Å². The van der Waals surface area contributed by atoms with Crippen LogP contribution in [-0.2, 0) is 14.3 Å². The minimum Gasteiger partial charge on any atom is -0.481 e. The average molecular weight is 485 g/mol. The molecule has 196 valence electrons. The van der Waals surface area contributed by atoms with E-state index < -0.39 is 11.4 Å². The lowest BCUT2D eigenvalue weighted by Gasteiger charge is -2.71. The predicted octanol–water partition coefficient (Wildman–Crippen LogP) is 7.07. The van der Waals surface area contributed by atoms with E-state index in [1.165, 1.54) is 18.4 Å². The van der Waals surface area contributed by atoms with Gasteiger partial charge in [0, 0.05) is 24.9 Å². The normalized spacial score (nSPS) is 52.9. The second-order valence-electron chi connectivity index (χ2n) is 15.1. The van der Waals surface area contributed by atoms with Gasteiger partial charge < -0.3 is 9.84 Å². The Kier molecular flexibility index (Phi) is 5.43. The first kappa shape index (κ1) is 25.5. The average Bonchev–Trinajstić information content (AvgIpc) is 2.78. The van der Waals surface area contributed by atoms with Crippen LogP contribution in [0.1, 0.15) is 106 Å². The highest BCUT2D eigenvalue weighted by atomic mass is 16.5. The molecule has 0 aromatic rings. The van der Waals surface area contributed by atoms with Gasteiger partial charge in [0.15, 0.2) is 0 Å². The van der Waals surface area contributed by atoms with Crippen molar-refractivity contribution < 1.29 is 19.4 Å². The van der Waals surface area contributed by atoms with Crippen molar-refractivity contribution in [3.05, 3.63) is 11.6 Å². The Morgan fingerprint density at radius 1 is 0.971 bits per heavy atom. The zero-order valence-corrected chi connectivity index (χ0v) is 23.4. The maximum Gasteiger partial charge on any atom is 0.309 e. The summed E-state index contributed by atoms with van der Waals surface area (Å²) < 4.78 is 6.36. The monoisotopic (exact) mass is 484 g/mol. The highest BCUT2D eigenvalue weighted by molar-refractivity contribution is 5.85. The van der Waals surface area contributed by atoms with E-state index >= 15 is 0 Å². The summed E-state index contributed by atoms with van der Waals surface area (Å²) in [5, 5.41) is 10.1. The van der Waals surface area contributed by atoms with E-state index in [0.717, 1.165) is 38.5 Å². The molecule has 0 aromatic heterocycles. The van der Waals surface area contributed by atoms with Gasteiger partial charge in [-0.2, -0.15) is 0 Å². The van der Waals surface area contributed by atoms with Gasteiger partial charge in [0.1, 0.15) is 5.78 Å². The van der Waals surface area contributed by atoms with Crippen LogP contribution in [0.3, 0.4) is 0 Å². The van der Waals surface area contributed by atoms with Crippen LogP contribution in [0.2, 0.25) is 0 Å². The number of hydrogen-bond acceptors (Lipinski definition) is 3. The molecule has 4 heteroatoms. The Balaban J connectivity index is 1.65. The first-order valence-electron chi connectivity index (χ1n) is 14.1. The number of methoxy groups -OCH3 is 1. The summed E-state index contributed by atoms with van der Waals surface area (Å²) in [4.78, 5) is 25.3. The molecule has 5 aliphatic carbocycles. The molecule has 0 heterocycles. The van der Waals surface area contributed by atoms with E-state index in [9.17, 15) is 14.7 Å². The molecule has 0 radical (unpaired) electrons. The Morgan fingerprint density at radius 2 is 1.63 bits per heavy atom. The fourth-order valence-electron chi connectivity index (χ4n) is 10.6. The lowest BCUT2D eigenvalue weighted by atomic mass is 9.33. The number of allylic oxidation sites excluding steroid dienone is 1. The molecule has 9 unspecified atom stereocenters. The maximum absolute atomic E-state index is 13.0. The molecule has 9 atom stereocenters. The van der Waals surface area contributed by atoms with Crippen LogP contribution in [0.5, 0.6) is 0 Å². The zero-order valence-electron chi connectivity index (χ0n) is 23.4. The summed E-state index contributed by atoms with van der Waals surface area (Å²) in [6.45, 7) is 16.3. The highest BCUT2D eigenvalue weighted by Gasteiger charge is 2.70. The summed E-state index contributed by atoms with van der Waals surface area (Å²) in [5.41, 5.74) is 0.889. The molecule has 0 saturated heterocycles. The van der Waals surface area contributed by atoms with Gasteiger partial charge in [0.2, 0.25) is 0 Å². The van der Waals surface area contributed by atoms with Crippen molar-refractivity contribution in [1.82, 2.24) is 0 Å². The maximum atomic E-state index is 13.0. The van der Waals surface area contributed by atoms with Gasteiger partial charge in [-0.1, -0.05) is 53.2 Å². The molecule has 5 rings (SSSR count). The van der Waals surface area contributed by atoms with Crippen LogP contribution in [0.25, 0.3) is 0 Å².